The summed E-state index contributed by atoms with van der Waals surface area (Å²) >= 11 is -0.595. The van der Waals surface area contributed by atoms with E-state index in [-0.39, 0.29) is 28.3 Å². The number of aliphatic hydroxyl groups is 1. The number of benzene rings is 2. The minimum absolute atomic E-state index is 0.0903. The first-order chi connectivity index (χ1) is 14.9. The third-order valence-corrected chi connectivity index (χ3v) is 6.27. The molecule has 0 saturated carbocycles. The zero-order chi connectivity index (χ0) is 22.2. The number of nitrogens with zero attached hydrogens (tertiary/aromatic N) is 1. The van der Waals surface area contributed by atoms with Crippen LogP contribution >= 0.6 is 0 Å². The molecule has 0 atom stereocenters. The molecule has 0 aliphatic rings. The van der Waals surface area contributed by atoms with E-state index in [0.29, 0.717) is 5.21 Å². The Hall–Kier alpha value is -3.09. The van der Waals surface area contributed by atoms with Gasteiger partial charge in [-0.3, -0.25) is 0 Å². The summed E-state index contributed by atoms with van der Waals surface area (Å²) < 4.78 is 32.1. The van der Waals surface area contributed by atoms with Gasteiger partial charge in [-0.25, -0.2) is 4.39 Å². The second kappa shape index (κ2) is 10.8. The van der Waals surface area contributed by atoms with Crippen molar-refractivity contribution in [2.24, 2.45) is 0 Å². The monoisotopic (exact) mass is 487 g/mol. The van der Waals surface area contributed by atoms with E-state index in [2.05, 4.69) is 10.3 Å². The standard InChI is InChI=1S/C22H18AsF2N2O4/c24-16-5-7-18(8-6-16)31-22-19(9-17(25)12-27-22)21(30)26-11-15-3-1-14(2-4-15)10-23-20(29)13-28/h1-9,12,28H,10-11,13H2,(H,26,30). The van der Waals surface area contributed by atoms with Crippen LogP contribution in [0.15, 0.2) is 60.8 Å². The molecular formula is C22H18AsF2N2O4. The minimum atomic E-state index is -0.693. The van der Waals surface area contributed by atoms with Gasteiger partial charge in [0.1, 0.15) is 5.82 Å². The van der Waals surface area contributed by atoms with E-state index in [1.807, 2.05) is 24.3 Å². The van der Waals surface area contributed by atoms with Gasteiger partial charge in [-0.15, -0.1) is 0 Å². The summed E-state index contributed by atoms with van der Waals surface area (Å²) in [5.41, 5.74) is 1.70. The number of carbonyl (C=O) groups is 2. The third kappa shape index (κ3) is 6.70. The second-order valence-corrected chi connectivity index (χ2v) is 8.80. The Bertz CT molecular complexity index is 1060. The molecule has 2 aromatic carbocycles. The predicted octanol–water partition coefficient (Wildman–Crippen LogP) is 2.81. The number of nitrogens with one attached hydrogen (secondary N) is 1. The average Bonchev–Trinajstić information content (AvgIpc) is 2.79. The fourth-order valence-corrected chi connectivity index (χ4v) is 3.96. The molecule has 31 heavy (non-hydrogen) atoms. The quantitative estimate of drug-likeness (QED) is 0.454. The number of halogens is 2. The van der Waals surface area contributed by atoms with E-state index >= 15 is 0 Å². The van der Waals surface area contributed by atoms with E-state index in [4.69, 9.17) is 9.84 Å². The molecule has 0 fully saturated rings. The first kappa shape index (κ1) is 22.6. The van der Waals surface area contributed by atoms with Crippen LogP contribution in [0.5, 0.6) is 11.6 Å². The molecule has 0 unspecified atom stereocenters. The Morgan fingerprint density at radius 1 is 1.00 bits per heavy atom. The van der Waals surface area contributed by atoms with E-state index in [0.717, 1.165) is 23.4 Å². The van der Waals surface area contributed by atoms with Crippen molar-refractivity contribution in [3.8, 4) is 11.6 Å². The van der Waals surface area contributed by atoms with Crippen LogP contribution in [0, 0.1) is 11.6 Å². The molecule has 1 radical (unpaired) electrons. The Balaban J connectivity index is 1.64. The van der Waals surface area contributed by atoms with Gasteiger partial charge in [0, 0.05) is 0 Å². The van der Waals surface area contributed by atoms with E-state index in [9.17, 15) is 18.4 Å². The summed E-state index contributed by atoms with van der Waals surface area (Å²) in [6.45, 7) is -0.235. The summed E-state index contributed by atoms with van der Waals surface area (Å²) in [5, 5.41) is 12.1. The molecule has 0 saturated heterocycles. The average molecular weight is 487 g/mol. The first-order valence-electron chi connectivity index (χ1n) is 9.21. The molecule has 1 heterocycles. The molecule has 6 nitrogen and oxygen atoms in total. The molecule has 0 aliphatic heterocycles. The first-order valence-corrected chi connectivity index (χ1v) is 11.5. The number of aliphatic hydroxyl groups excluding tert-OH is 1. The maximum atomic E-state index is 13.7. The Kier molecular flexibility index (Phi) is 7.87. The van der Waals surface area contributed by atoms with Crippen LogP contribution in [-0.2, 0) is 16.5 Å². The van der Waals surface area contributed by atoms with Gasteiger partial charge in [-0.2, -0.15) is 0 Å². The SMILES string of the molecule is O=C(CO)[As]Cc1ccc(CNC(=O)c2cc(F)cnc2Oc2ccc(F)cc2)cc1. The zero-order valence-electron chi connectivity index (χ0n) is 16.2. The van der Waals surface area contributed by atoms with Crippen LogP contribution in [0.2, 0.25) is 0 Å². The second-order valence-electron chi connectivity index (χ2n) is 6.43. The van der Waals surface area contributed by atoms with Crippen LogP contribution in [0.1, 0.15) is 21.5 Å². The molecule has 3 rings (SSSR count). The van der Waals surface area contributed by atoms with Gasteiger partial charge in [-0.1, -0.05) is 0 Å². The molecule has 3 aromatic rings. The van der Waals surface area contributed by atoms with Gasteiger partial charge in [-0.05, 0) is 24.3 Å². The number of pyridine rings is 1. The number of aromatic nitrogens is 1. The van der Waals surface area contributed by atoms with E-state index in [1.54, 1.807) is 0 Å². The maximum absolute atomic E-state index is 13.7. The Labute approximate surface area is 184 Å². The van der Waals surface area contributed by atoms with Crippen molar-refractivity contribution in [2.75, 3.05) is 6.61 Å². The summed E-state index contributed by atoms with van der Waals surface area (Å²) in [6.07, 6.45) is 0.929. The van der Waals surface area contributed by atoms with Gasteiger partial charge in [0.15, 0.2) is 0 Å². The van der Waals surface area contributed by atoms with Gasteiger partial charge in [0.05, 0.1) is 0 Å². The Morgan fingerprint density at radius 3 is 2.35 bits per heavy atom. The molecule has 1 aromatic heterocycles. The molecule has 2 N–H and O–H groups in total. The summed E-state index contributed by atoms with van der Waals surface area (Å²) in [4.78, 5) is 27.7. The fourth-order valence-electron chi connectivity index (χ4n) is 2.55. The number of hydrogen-bond donors (Lipinski definition) is 2. The number of hydrogen-bond acceptors (Lipinski definition) is 5. The molecule has 1 amide bonds. The molecule has 9 heteroatoms. The molecule has 0 bridgehead atoms. The van der Waals surface area contributed by atoms with Crippen molar-refractivity contribution >= 4 is 26.2 Å². The van der Waals surface area contributed by atoms with Crippen LogP contribution in [0.25, 0.3) is 0 Å². The molecule has 0 aliphatic carbocycles. The van der Waals surface area contributed by atoms with Crippen molar-refractivity contribution < 1.29 is 28.2 Å². The van der Waals surface area contributed by atoms with Gasteiger partial charge < -0.3 is 0 Å². The molecular weight excluding hydrogens is 469 g/mol. The van der Waals surface area contributed by atoms with Crippen LogP contribution in [0.4, 0.5) is 8.78 Å². The number of rotatable bonds is 9. The van der Waals surface area contributed by atoms with E-state index < -0.39 is 39.9 Å². The number of amides is 1. The van der Waals surface area contributed by atoms with Crippen molar-refractivity contribution in [1.82, 2.24) is 10.3 Å². The summed E-state index contributed by atoms with van der Waals surface area (Å²) in [5.74, 6) is -1.55. The van der Waals surface area contributed by atoms with Gasteiger partial charge >= 0.3 is 149 Å². The number of carbonyl (C=O) groups excluding carboxylic acids is 2. The van der Waals surface area contributed by atoms with Crippen molar-refractivity contribution in [2.45, 2.75) is 11.8 Å². The Morgan fingerprint density at radius 2 is 1.68 bits per heavy atom. The van der Waals surface area contributed by atoms with Crippen molar-refractivity contribution in [3.05, 3.63) is 89.1 Å². The number of ether oxygens (including phenoxy) is 1. The van der Waals surface area contributed by atoms with Crippen molar-refractivity contribution in [3.63, 3.8) is 0 Å². The third-order valence-electron chi connectivity index (χ3n) is 4.14. The normalized spacial score (nSPS) is 10.9. The van der Waals surface area contributed by atoms with Crippen molar-refractivity contribution in [1.29, 1.82) is 0 Å². The molecule has 159 valence electrons. The molecule has 0 spiro atoms. The topological polar surface area (TPSA) is 88.5 Å². The van der Waals surface area contributed by atoms with Crippen LogP contribution in [-0.4, -0.2) is 42.9 Å². The predicted molar refractivity (Wildman–Crippen MR) is 110 cm³/mol. The summed E-state index contributed by atoms with van der Waals surface area (Å²) in [7, 11) is 0. The van der Waals surface area contributed by atoms with Gasteiger partial charge in [0.2, 0.25) is 0 Å². The van der Waals surface area contributed by atoms with Crippen LogP contribution < -0.4 is 10.1 Å². The van der Waals surface area contributed by atoms with E-state index in [1.165, 1.54) is 24.3 Å². The fraction of sp³-hybridized carbons (Fsp3) is 0.136. The van der Waals surface area contributed by atoms with Crippen LogP contribution in [0.3, 0.4) is 0 Å². The zero-order valence-corrected chi connectivity index (χ0v) is 18.1. The van der Waals surface area contributed by atoms with Gasteiger partial charge in [0.25, 0.3) is 0 Å². The summed E-state index contributed by atoms with van der Waals surface area (Å²) in [6, 6.07) is 13.5.